The van der Waals surface area contributed by atoms with E-state index in [-0.39, 0.29) is 11.6 Å². The number of ether oxygens (including phenoxy) is 1. The minimum absolute atomic E-state index is 0.245. The molecule has 2 aromatic rings. The Bertz CT molecular complexity index is 622. The highest BCUT2D eigenvalue weighted by Crippen LogP contribution is 2.18. The molecule has 0 aliphatic rings. The first-order chi connectivity index (χ1) is 9.72. The number of nitriles is 1. The van der Waals surface area contributed by atoms with Crippen LogP contribution in [0.3, 0.4) is 0 Å². The van der Waals surface area contributed by atoms with Crippen LogP contribution in [-0.2, 0) is 0 Å². The van der Waals surface area contributed by atoms with Gasteiger partial charge in [-0.25, -0.2) is 4.39 Å². The van der Waals surface area contributed by atoms with E-state index in [4.69, 9.17) is 10.00 Å². The SMILES string of the molecule is CN(CCOc1ccccc1F)c1ccccc1C#N. The lowest BCUT2D eigenvalue weighted by Gasteiger charge is -2.20. The maximum absolute atomic E-state index is 13.4. The van der Waals surface area contributed by atoms with Crippen LogP contribution in [0.2, 0.25) is 0 Å². The molecule has 0 aromatic heterocycles. The topological polar surface area (TPSA) is 36.3 Å². The molecular weight excluding hydrogens is 255 g/mol. The van der Waals surface area contributed by atoms with Crippen LogP contribution in [-0.4, -0.2) is 20.2 Å². The Morgan fingerprint density at radius 3 is 2.60 bits per heavy atom. The van der Waals surface area contributed by atoms with E-state index in [2.05, 4.69) is 6.07 Å². The third kappa shape index (κ3) is 3.27. The van der Waals surface area contributed by atoms with Gasteiger partial charge in [-0.1, -0.05) is 24.3 Å². The zero-order valence-corrected chi connectivity index (χ0v) is 11.2. The molecule has 0 fully saturated rings. The molecule has 0 saturated heterocycles. The number of rotatable bonds is 5. The minimum atomic E-state index is -0.368. The first-order valence-corrected chi connectivity index (χ1v) is 6.30. The second-order valence-electron chi connectivity index (χ2n) is 4.33. The lowest BCUT2D eigenvalue weighted by atomic mass is 10.2. The molecule has 0 N–H and O–H groups in total. The third-order valence-corrected chi connectivity index (χ3v) is 2.96. The number of para-hydroxylation sites is 2. The van der Waals surface area contributed by atoms with E-state index in [9.17, 15) is 4.39 Å². The number of likely N-dealkylation sites (N-methyl/N-ethyl adjacent to an activating group) is 1. The van der Waals surface area contributed by atoms with Crippen molar-refractivity contribution in [1.29, 1.82) is 5.26 Å². The van der Waals surface area contributed by atoms with Gasteiger partial charge < -0.3 is 9.64 Å². The Labute approximate surface area is 117 Å². The second-order valence-corrected chi connectivity index (χ2v) is 4.33. The third-order valence-electron chi connectivity index (χ3n) is 2.96. The maximum Gasteiger partial charge on any atom is 0.165 e. The Morgan fingerprint density at radius 2 is 1.85 bits per heavy atom. The molecule has 0 aliphatic carbocycles. The van der Waals surface area contributed by atoms with Crippen molar-refractivity contribution in [2.75, 3.05) is 25.1 Å². The van der Waals surface area contributed by atoms with Crippen LogP contribution in [0.5, 0.6) is 5.75 Å². The van der Waals surface area contributed by atoms with Gasteiger partial charge in [0, 0.05) is 7.05 Å². The number of hydrogen-bond donors (Lipinski definition) is 0. The monoisotopic (exact) mass is 270 g/mol. The maximum atomic E-state index is 13.4. The predicted octanol–water partition coefficient (Wildman–Crippen LogP) is 3.21. The number of anilines is 1. The fourth-order valence-corrected chi connectivity index (χ4v) is 1.88. The van der Waals surface area contributed by atoms with Crippen molar-refractivity contribution in [2.24, 2.45) is 0 Å². The van der Waals surface area contributed by atoms with Crippen molar-refractivity contribution < 1.29 is 9.13 Å². The van der Waals surface area contributed by atoms with Gasteiger partial charge in [-0.15, -0.1) is 0 Å². The summed E-state index contributed by atoms with van der Waals surface area (Å²) in [5, 5.41) is 9.05. The predicted molar refractivity (Wildman–Crippen MR) is 76.3 cm³/mol. The molecule has 0 atom stereocenters. The first kappa shape index (κ1) is 13.9. The Hall–Kier alpha value is -2.54. The molecule has 102 valence electrons. The fourth-order valence-electron chi connectivity index (χ4n) is 1.88. The van der Waals surface area contributed by atoms with Gasteiger partial charge in [0.1, 0.15) is 12.7 Å². The van der Waals surface area contributed by atoms with E-state index in [1.54, 1.807) is 24.3 Å². The molecule has 3 nitrogen and oxygen atoms in total. The summed E-state index contributed by atoms with van der Waals surface area (Å²) >= 11 is 0. The zero-order chi connectivity index (χ0) is 14.4. The van der Waals surface area contributed by atoms with Gasteiger partial charge in [-0.05, 0) is 24.3 Å². The largest absolute Gasteiger partial charge is 0.489 e. The number of hydrogen-bond acceptors (Lipinski definition) is 3. The van der Waals surface area contributed by atoms with Crippen molar-refractivity contribution in [3.63, 3.8) is 0 Å². The Morgan fingerprint density at radius 1 is 1.15 bits per heavy atom. The van der Waals surface area contributed by atoms with Gasteiger partial charge in [-0.3, -0.25) is 0 Å². The van der Waals surface area contributed by atoms with Crippen molar-refractivity contribution >= 4 is 5.69 Å². The van der Waals surface area contributed by atoms with Crippen molar-refractivity contribution in [3.8, 4) is 11.8 Å². The van der Waals surface area contributed by atoms with E-state index in [1.807, 2.05) is 30.1 Å². The molecular formula is C16H15FN2O. The first-order valence-electron chi connectivity index (χ1n) is 6.30. The molecule has 0 heterocycles. The molecule has 0 radical (unpaired) electrons. The number of nitrogens with zero attached hydrogens (tertiary/aromatic N) is 2. The van der Waals surface area contributed by atoms with Crippen LogP contribution >= 0.6 is 0 Å². The Balaban J connectivity index is 1.95. The summed E-state index contributed by atoms with van der Waals surface area (Å²) in [6.07, 6.45) is 0. The highest BCUT2D eigenvalue weighted by atomic mass is 19.1. The summed E-state index contributed by atoms with van der Waals surface area (Å²) in [4.78, 5) is 1.92. The van der Waals surface area contributed by atoms with Crippen LogP contribution in [0.25, 0.3) is 0 Å². The van der Waals surface area contributed by atoms with Crippen LogP contribution in [0.1, 0.15) is 5.56 Å². The summed E-state index contributed by atoms with van der Waals surface area (Å²) < 4.78 is 18.8. The number of benzene rings is 2. The van der Waals surface area contributed by atoms with Gasteiger partial charge in [0.15, 0.2) is 11.6 Å². The molecule has 2 rings (SSSR count). The molecule has 0 spiro atoms. The van der Waals surface area contributed by atoms with E-state index in [0.717, 1.165) is 5.69 Å². The smallest absolute Gasteiger partial charge is 0.165 e. The van der Waals surface area contributed by atoms with Crippen LogP contribution in [0.4, 0.5) is 10.1 Å². The van der Waals surface area contributed by atoms with E-state index in [0.29, 0.717) is 18.7 Å². The van der Waals surface area contributed by atoms with Gasteiger partial charge in [0.05, 0.1) is 17.8 Å². The van der Waals surface area contributed by atoms with E-state index < -0.39 is 0 Å². The summed E-state index contributed by atoms with van der Waals surface area (Å²) in [6, 6.07) is 15.8. The normalized spacial score (nSPS) is 9.85. The van der Waals surface area contributed by atoms with E-state index >= 15 is 0 Å². The molecule has 0 saturated carbocycles. The number of halogens is 1. The van der Waals surface area contributed by atoms with Crippen molar-refractivity contribution in [3.05, 3.63) is 59.9 Å². The lowest BCUT2D eigenvalue weighted by Crippen LogP contribution is -2.24. The van der Waals surface area contributed by atoms with Gasteiger partial charge >= 0.3 is 0 Å². The fraction of sp³-hybridized carbons (Fsp3) is 0.188. The molecule has 0 unspecified atom stereocenters. The van der Waals surface area contributed by atoms with Gasteiger partial charge in [0.2, 0.25) is 0 Å². The summed E-state index contributed by atoms with van der Waals surface area (Å²) in [5.74, 6) is -0.123. The minimum Gasteiger partial charge on any atom is -0.489 e. The standard InChI is InChI=1S/C16H15FN2O/c1-19(15-8-4-2-6-13(15)12-18)10-11-20-16-9-5-3-7-14(16)17/h2-9H,10-11H2,1H3. The zero-order valence-electron chi connectivity index (χ0n) is 11.2. The highest BCUT2D eigenvalue weighted by molar-refractivity contribution is 5.58. The summed E-state index contributed by atoms with van der Waals surface area (Å²) in [6.45, 7) is 0.907. The summed E-state index contributed by atoms with van der Waals surface area (Å²) in [5.41, 5.74) is 1.45. The molecule has 4 heteroatoms. The molecule has 0 aliphatic heterocycles. The quantitative estimate of drug-likeness (QED) is 0.837. The van der Waals surface area contributed by atoms with Gasteiger partial charge in [-0.2, -0.15) is 5.26 Å². The van der Waals surface area contributed by atoms with Crippen molar-refractivity contribution in [2.45, 2.75) is 0 Å². The lowest BCUT2D eigenvalue weighted by molar-refractivity contribution is 0.309. The highest BCUT2D eigenvalue weighted by Gasteiger charge is 2.07. The molecule has 0 amide bonds. The van der Waals surface area contributed by atoms with Crippen LogP contribution in [0, 0.1) is 17.1 Å². The second kappa shape index (κ2) is 6.58. The molecule has 2 aromatic carbocycles. The average molecular weight is 270 g/mol. The average Bonchev–Trinajstić information content (AvgIpc) is 2.49. The van der Waals surface area contributed by atoms with Crippen LogP contribution in [0.15, 0.2) is 48.5 Å². The molecule has 0 bridgehead atoms. The van der Waals surface area contributed by atoms with Crippen molar-refractivity contribution in [1.82, 2.24) is 0 Å². The van der Waals surface area contributed by atoms with Crippen LogP contribution < -0.4 is 9.64 Å². The van der Waals surface area contributed by atoms with E-state index in [1.165, 1.54) is 6.07 Å². The summed E-state index contributed by atoms with van der Waals surface area (Å²) in [7, 11) is 1.88. The molecule has 20 heavy (non-hydrogen) atoms. The van der Waals surface area contributed by atoms with Gasteiger partial charge in [0.25, 0.3) is 0 Å². The Kier molecular flexibility index (Phi) is 4.56.